The van der Waals surface area contributed by atoms with Gasteiger partial charge in [-0.1, -0.05) is 49.2 Å². The van der Waals surface area contributed by atoms with E-state index in [4.69, 9.17) is 27.9 Å². The van der Waals surface area contributed by atoms with Crippen LogP contribution in [0.2, 0.25) is 10.0 Å². The first-order chi connectivity index (χ1) is 12.5. The van der Waals surface area contributed by atoms with E-state index in [-0.39, 0.29) is 0 Å². The van der Waals surface area contributed by atoms with E-state index >= 15 is 0 Å². The van der Waals surface area contributed by atoms with E-state index in [0.717, 1.165) is 11.0 Å². The fourth-order valence-corrected chi connectivity index (χ4v) is 3.06. The lowest BCUT2D eigenvalue weighted by molar-refractivity contribution is 0.271. The molecule has 0 aliphatic carbocycles. The van der Waals surface area contributed by atoms with Gasteiger partial charge in [-0.3, -0.25) is 0 Å². The molecular formula is C20H17Cl2N3O. The van der Waals surface area contributed by atoms with Crippen LogP contribution in [-0.2, 0) is 0 Å². The average Bonchev–Trinajstić information content (AvgIpc) is 3.02. The van der Waals surface area contributed by atoms with Gasteiger partial charge in [0.2, 0.25) is 0 Å². The van der Waals surface area contributed by atoms with E-state index in [0.29, 0.717) is 45.3 Å². The van der Waals surface area contributed by atoms with Gasteiger partial charge in [-0.25, -0.2) is 4.98 Å². The zero-order valence-corrected chi connectivity index (χ0v) is 15.9. The number of para-hydroxylation sites is 2. The van der Waals surface area contributed by atoms with Crippen molar-refractivity contribution in [2.75, 3.05) is 6.61 Å². The Labute approximate surface area is 162 Å². The summed E-state index contributed by atoms with van der Waals surface area (Å²) in [5, 5.41) is 10.4. The molecule has 0 spiro atoms. The Bertz CT molecular complexity index is 959. The molecule has 3 rings (SSSR count). The number of hydrogen-bond donors (Lipinski definition) is 1. The number of allylic oxidation sites excluding steroid dienone is 1. The molecule has 1 heterocycles. The maximum absolute atomic E-state index is 9.54. The second-order valence-corrected chi connectivity index (χ2v) is 7.11. The van der Waals surface area contributed by atoms with Gasteiger partial charge in [-0.05, 0) is 41.8 Å². The molecule has 1 N–H and O–H groups in total. The van der Waals surface area contributed by atoms with Gasteiger partial charge >= 0.3 is 0 Å². The van der Waals surface area contributed by atoms with Crippen LogP contribution in [0.4, 0.5) is 0 Å². The quantitative estimate of drug-likeness (QED) is 0.550. The first-order valence-corrected chi connectivity index (χ1v) is 8.92. The van der Waals surface area contributed by atoms with Crippen LogP contribution in [0.25, 0.3) is 22.7 Å². The molecule has 1 aromatic heterocycles. The van der Waals surface area contributed by atoms with Crippen molar-refractivity contribution in [3.05, 3.63) is 57.8 Å². The van der Waals surface area contributed by atoms with Crippen molar-refractivity contribution in [1.29, 1.82) is 5.26 Å². The highest BCUT2D eigenvalue weighted by molar-refractivity contribution is 6.37. The van der Waals surface area contributed by atoms with Crippen molar-refractivity contribution in [3.63, 3.8) is 0 Å². The zero-order chi connectivity index (χ0) is 18.7. The highest BCUT2D eigenvalue weighted by Gasteiger charge is 2.12. The van der Waals surface area contributed by atoms with Crippen LogP contribution in [0.15, 0.2) is 36.4 Å². The number of fused-ring (bicyclic) bond motifs is 1. The Morgan fingerprint density at radius 2 is 1.96 bits per heavy atom. The number of aromatic amines is 1. The smallest absolute Gasteiger partial charge is 0.156 e. The molecule has 0 fully saturated rings. The molecular weight excluding hydrogens is 369 g/mol. The van der Waals surface area contributed by atoms with Gasteiger partial charge in [0.1, 0.15) is 11.9 Å². The number of nitrogens with one attached hydrogen (secondary N) is 1. The van der Waals surface area contributed by atoms with Gasteiger partial charge in [0, 0.05) is 0 Å². The SMILES string of the molecule is CC(C)COc1c(Cl)cc(/C=C(\C#N)c2nc3ccccc3[nH]2)cc1Cl. The van der Waals surface area contributed by atoms with E-state index in [1.165, 1.54) is 0 Å². The number of aromatic nitrogens is 2. The van der Waals surface area contributed by atoms with Gasteiger partial charge in [-0.2, -0.15) is 5.26 Å². The lowest BCUT2D eigenvalue weighted by Crippen LogP contribution is -2.05. The number of nitriles is 1. The molecule has 0 radical (unpaired) electrons. The van der Waals surface area contributed by atoms with E-state index < -0.39 is 0 Å². The Morgan fingerprint density at radius 1 is 1.27 bits per heavy atom. The Kier molecular flexibility index (Phi) is 5.51. The monoisotopic (exact) mass is 385 g/mol. The summed E-state index contributed by atoms with van der Waals surface area (Å²) in [6, 6.07) is 13.2. The lowest BCUT2D eigenvalue weighted by atomic mass is 10.1. The first kappa shape index (κ1) is 18.3. The third-order valence-corrected chi connectivity index (χ3v) is 4.22. The summed E-state index contributed by atoms with van der Waals surface area (Å²) in [4.78, 5) is 7.60. The molecule has 4 nitrogen and oxygen atoms in total. The molecule has 0 saturated carbocycles. The van der Waals surface area contributed by atoms with Gasteiger partial charge in [0.15, 0.2) is 5.75 Å². The minimum atomic E-state index is 0.361. The first-order valence-electron chi connectivity index (χ1n) is 8.16. The highest BCUT2D eigenvalue weighted by atomic mass is 35.5. The zero-order valence-electron chi connectivity index (χ0n) is 14.4. The fraction of sp³-hybridized carbons (Fsp3) is 0.200. The molecule has 2 aromatic carbocycles. The molecule has 0 amide bonds. The summed E-state index contributed by atoms with van der Waals surface area (Å²) in [5.74, 6) is 1.32. The topological polar surface area (TPSA) is 61.7 Å². The van der Waals surface area contributed by atoms with Gasteiger partial charge in [0.25, 0.3) is 0 Å². The number of imidazole rings is 1. The molecule has 0 unspecified atom stereocenters. The molecule has 132 valence electrons. The Morgan fingerprint density at radius 3 is 2.58 bits per heavy atom. The maximum atomic E-state index is 9.54. The molecule has 0 atom stereocenters. The lowest BCUT2D eigenvalue weighted by Gasteiger charge is -2.12. The predicted octanol–water partition coefficient (Wildman–Crippen LogP) is 5.97. The second kappa shape index (κ2) is 7.82. The predicted molar refractivity (Wildman–Crippen MR) is 106 cm³/mol. The number of benzene rings is 2. The Hall–Kier alpha value is -2.48. The van der Waals surface area contributed by atoms with E-state index in [1.54, 1.807) is 18.2 Å². The van der Waals surface area contributed by atoms with Gasteiger partial charge in [0.05, 0.1) is 33.3 Å². The molecule has 0 aliphatic rings. The van der Waals surface area contributed by atoms with Gasteiger partial charge < -0.3 is 9.72 Å². The van der Waals surface area contributed by atoms with Crippen LogP contribution in [0.5, 0.6) is 5.75 Å². The van der Waals surface area contributed by atoms with Crippen molar-refractivity contribution < 1.29 is 4.74 Å². The third kappa shape index (κ3) is 4.01. The number of nitrogens with zero attached hydrogens (tertiary/aromatic N) is 2. The summed E-state index contributed by atoms with van der Waals surface area (Å²) >= 11 is 12.6. The van der Waals surface area contributed by atoms with E-state index in [9.17, 15) is 5.26 Å². The van der Waals surface area contributed by atoms with Gasteiger partial charge in [-0.15, -0.1) is 0 Å². The van der Waals surface area contributed by atoms with E-state index in [1.807, 2.05) is 38.1 Å². The summed E-state index contributed by atoms with van der Waals surface area (Å²) in [6.07, 6.45) is 1.70. The van der Waals surface area contributed by atoms with Crippen molar-refractivity contribution in [2.45, 2.75) is 13.8 Å². The largest absolute Gasteiger partial charge is 0.490 e. The van der Waals surface area contributed by atoms with Crippen LogP contribution in [-0.4, -0.2) is 16.6 Å². The second-order valence-electron chi connectivity index (χ2n) is 6.29. The molecule has 0 saturated heterocycles. The molecule has 26 heavy (non-hydrogen) atoms. The van der Waals surface area contributed by atoms with Crippen molar-refractivity contribution in [1.82, 2.24) is 9.97 Å². The normalized spacial score (nSPS) is 11.8. The van der Waals surface area contributed by atoms with Crippen LogP contribution in [0.1, 0.15) is 25.2 Å². The highest BCUT2D eigenvalue weighted by Crippen LogP contribution is 2.35. The number of ether oxygens (including phenoxy) is 1. The molecule has 0 bridgehead atoms. The van der Waals surface area contributed by atoms with Crippen LogP contribution in [0.3, 0.4) is 0 Å². The molecule has 0 aliphatic heterocycles. The standard InChI is InChI=1S/C20H17Cl2N3O/c1-12(2)11-26-19-15(21)8-13(9-16(19)22)7-14(10-23)20-24-17-5-3-4-6-18(17)25-20/h3-9,12H,11H2,1-2H3,(H,24,25)/b14-7+. The minimum Gasteiger partial charge on any atom is -0.490 e. The van der Waals surface area contributed by atoms with Crippen molar-refractivity contribution in [3.8, 4) is 11.8 Å². The average molecular weight is 386 g/mol. The molecule has 6 heteroatoms. The Balaban J connectivity index is 1.95. The summed E-state index contributed by atoms with van der Waals surface area (Å²) in [5.41, 5.74) is 2.77. The summed E-state index contributed by atoms with van der Waals surface area (Å²) in [6.45, 7) is 4.62. The fourth-order valence-electron chi connectivity index (χ4n) is 2.45. The maximum Gasteiger partial charge on any atom is 0.156 e. The number of halogens is 2. The summed E-state index contributed by atoms with van der Waals surface area (Å²) in [7, 11) is 0. The van der Waals surface area contributed by atoms with Crippen LogP contribution >= 0.6 is 23.2 Å². The number of rotatable bonds is 5. The van der Waals surface area contributed by atoms with E-state index in [2.05, 4.69) is 16.0 Å². The van der Waals surface area contributed by atoms with Crippen LogP contribution in [0, 0.1) is 17.2 Å². The molecule has 3 aromatic rings. The minimum absolute atomic E-state index is 0.361. The number of H-pyrrole nitrogens is 1. The number of hydrogen-bond acceptors (Lipinski definition) is 3. The van der Waals surface area contributed by atoms with Crippen molar-refractivity contribution >= 4 is 45.9 Å². The van der Waals surface area contributed by atoms with Crippen molar-refractivity contribution in [2.24, 2.45) is 5.92 Å². The summed E-state index contributed by atoms with van der Waals surface area (Å²) < 4.78 is 5.67. The third-order valence-electron chi connectivity index (χ3n) is 3.66. The van der Waals surface area contributed by atoms with Crippen LogP contribution < -0.4 is 4.74 Å².